The smallest absolute Gasteiger partial charge is 0.0616 e. The van der Waals surface area contributed by atoms with Crippen molar-refractivity contribution >= 4 is 0 Å². The maximum absolute atomic E-state index is 10.3. The summed E-state index contributed by atoms with van der Waals surface area (Å²) >= 11 is 0. The highest BCUT2D eigenvalue weighted by atomic mass is 16.3. The van der Waals surface area contributed by atoms with Gasteiger partial charge in [-0.1, -0.05) is 43.7 Å². The zero-order valence-corrected chi connectivity index (χ0v) is 20.4. The fourth-order valence-corrected chi connectivity index (χ4v) is 6.94. The van der Waals surface area contributed by atoms with Crippen LogP contribution in [0.1, 0.15) is 98.3 Å². The molecule has 0 aromatic rings. The molecule has 0 spiro atoms. The first kappa shape index (κ1) is 24.7. The molecule has 2 unspecified atom stereocenters. The Morgan fingerprint density at radius 1 is 1.16 bits per heavy atom. The molecule has 3 nitrogen and oxygen atoms in total. The Kier molecular flexibility index (Phi) is 7.92. The lowest BCUT2D eigenvalue weighted by Gasteiger charge is -2.44. The van der Waals surface area contributed by atoms with Crippen molar-refractivity contribution in [2.45, 2.75) is 116 Å². The van der Waals surface area contributed by atoms with Crippen molar-refractivity contribution in [2.24, 2.45) is 23.2 Å². The number of rotatable bonds is 7. The van der Waals surface area contributed by atoms with Crippen molar-refractivity contribution < 1.29 is 15.3 Å². The van der Waals surface area contributed by atoms with Crippen LogP contribution in [0.15, 0.2) is 35.5 Å². The predicted molar refractivity (Wildman–Crippen MR) is 129 cm³/mol. The van der Waals surface area contributed by atoms with E-state index in [0.717, 1.165) is 32.1 Å². The second-order valence-electron chi connectivity index (χ2n) is 11.8. The molecule has 3 saturated carbocycles. The summed E-state index contributed by atoms with van der Waals surface area (Å²) in [6.07, 6.45) is 15.1. The van der Waals surface area contributed by atoms with E-state index in [1.165, 1.54) is 43.3 Å². The van der Waals surface area contributed by atoms with E-state index in [4.69, 9.17) is 0 Å². The Balaban J connectivity index is 1.65. The monoisotopic (exact) mass is 430 g/mol. The molecule has 3 aliphatic rings. The van der Waals surface area contributed by atoms with Crippen molar-refractivity contribution in [3.8, 4) is 0 Å². The molecule has 3 N–H and O–H groups in total. The summed E-state index contributed by atoms with van der Waals surface area (Å²) < 4.78 is 0. The predicted octanol–water partition coefficient (Wildman–Crippen LogP) is 6.09. The molecule has 3 rings (SSSR count). The van der Waals surface area contributed by atoms with Crippen LogP contribution < -0.4 is 0 Å². The number of hydrogen-bond acceptors (Lipinski definition) is 3. The topological polar surface area (TPSA) is 60.7 Å². The quantitative estimate of drug-likeness (QED) is 0.458. The van der Waals surface area contributed by atoms with Crippen LogP contribution in [0.5, 0.6) is 0 Å². The van der Waals surface area contributed by atoms with Crippen molar-refractivity contribution in [1.29, 1.82) is 0 Å². The number of aliphatic hydroxyl groups is 3. The number of aliphatic hydroxyl groups excluding tert-OH is 2. The standard InChI is InChI=1S/C28H46O3/c1-19-8-12-23(29)17-22(19)11-10-21-7-6-16-28(5)25(14-15-26(21)28)20(2)9-13-24(30)18-27(3,4)31/h10-11,20,23-26,29-31H,1,6-9,12-18H2,2-5H3/b21-10+,22-11-/t20-,23+,24?,25-,26?,28-/m1/s1. The molecule has 3 heteroatoms. The Morgan fingerprint density at radius 2 is 1.90 bits per heavy atom. The van der Waals surface area contributed by atoms with Crippen LogP contribution in [0.25, 0.3) is 0 Å². The highest BCUT2D eigenvalue weighted by molar-refractivity contribution is 5.36. The van der Waals surface area contributed by atoms with E-state index in [0.29, 0.717) is 29.6 Å². The maximum Gasteiger partial charge on any atom is 0.0616 e. The molecule has 176 valence electrons. The molecular formula is C28H46O3. The van der Waals surface area contributed by atoms with Gasteiger partial charge in [-0.25, -0.2) is 0 Å². The van der Waals surface area contributed by atoms with Crippen molar-refractivity contribution in [2.75, 3.05) is 0 Å². The van der Waals surface area contributed by atoms with E-state index in [2.05, 4.69) is 32.6 Å². The fourth-order valence-electron chi connectivity index (χ4n) is 6.94. The van der Waals surface area contributed by atoms with E-state index in [-0.39, 0.29) is 6.10 Å². The molecule has 0 aromatic heterocycles. The van der Waals surface area contributed by atoms with Crippen molar-refractivity contribution in [3.63, 3.8) is 0 Å². The van der Waals surface area contributed by atoms with Gasteiger partial charge in [0.05, 0.1) is 17.8 Å². The second kappa shape index (κ2) is 9.93. The van der Waals surface area contributed by atoms with Gasteiger partial charge in [0.1, 0.15) is 0 Å². The number of fused-ring (bicyclic) bond motifs is 1. The van der Waals surface area contributed by atoms with Crippen LogP contribution in [0.3, 0.4) is 0 Å². The highest BCUT2D eigenvalue weighted by Gasteiger charge is 2.50. The Labute approximate surface area is 190 Å². The molecule has 0 aliphatic heterocycles. The minimum absolute atomic E-state index is 0.213. The van der Waals surface area contributed by atoms with Gasteiger partial charge in [0, 0.05) is 6.42 Å². The lowest BCUT2D eigenvalue weighted by atomic mass is 9.60. The summed E-state index contributed by atoms with van der Waals surface area (Å²) in [7, 11) is 0. The summed E-state index contributed by atoms with van der Waals surface area (Å²) in [6, 6.07) is 0. The summed E-state index contributed by atoms with van der Waals surface area (Å²) in [5.74, 6) is 1.96. The van der Waals surface area contributed by atoms with Gasteiger partial charge in [0.15, 0.2) is 0 Å². The minimum atomic E-state index is -0.801. The van der Waals surface area contributed by atoms with Crippen molar-refractivity contribution in [1.82, 2.24) is 0 Å². The minimum Gasteiger partial charge on any atom is -0.393 e. The van der Waals surface area contributed by atoms with Gasteiger partial charge < -0.3 is 15.3 Å². The summed E-state index contributed by atoms with van der Waals surface area (Å²) in [5, 5.41) is 30.4. The van der Waals surface area contributed by atoms with Crippen molar-refractivity contribution in [3.05, 3.63) is 35.5 Å². The number of hydrogen-bond donors (Lipinski definition) is 3. The average molecular weight is 431 g/mol. The van der Waals surface area contributed by atoms with Crippen LogP contribution in [-0.4, -0.2) is 33.1 Å². The van der Waals surface area contributed by atoms with Crippen LogP contribution in [0.2, 0.25) is 0 Å². The van der Waals surface area contributed by atoms with E-state index in [9.17, 15) is 15.3 Å². The van der Waals surface area contributed by atoms with E-state index in [1.54, 1.807) is 19.4 Å². The SMILES string of the molecule is C=C1CC[C@H](O)C/C1=C/C=C1\CCC[C@@]2(C)C1CC[C@@H]2[C@H](C)CCC(O)CC(C)(C)O. The van der Waals surface area contributed by atoms with Gasteiger partial charge >= 0.3 is 0 Å². The molecule has 6 atom stereocenters. The molecule has 0 radical (unpaired) electrons. The summed E-state index contributed by atoms with van der Waals surface area (Å²) in [4.78, 5) is 0. The first-order valence-electron chi connectivity index (χ1n) is 12.7. The Morgan fingerprint density at radius 3 is 2.61 bits per heavy atom. The third kappa shape index (κ3) is 6.12. The molecule has 3 fully saturated rings. The van der Waals surface area contributed by atoms with Gasteiger partial charge in [0.25, 0.3) is 0 Å². The van der Waals surface area contributed by atoms with Crippen LogP contribution >= 0.6 is 0 Å². The fraction of sp³-hybridized carbons (Fsp3) is 0.786. The summed E-state index contributed by atoms with van der Waals surface area (Å²) in [6.45, 7) is 12.7. The number of allylic oxidation sites excluding steroid dienone is 4. The zero-order chi connectivity index (χ0) is 22.8. The van der Waals surface area contributed by atoms with Crippen LogP contribution in [0, 0.1) is 23.2 Å². The average Bonchev–Trinajstić information content (AvgIpc) is 3.03. The van der Waals surface area contributed by atoms with Gasteiger partial charge in [-0.05, 0) is 107 Å². The first-order chi connectivity index (χ1) is 14.5. The van der Waals surface area contributed by atoms with Crippen LogP contribution in [-0.2, 0) is 0 Å². The van der Waals surface area contributed by atoms with Gasteiger partial charge in [-0.15, -0.1) is 0 Å². The Hall–Kier alpha value is -0.900. The normalized spacial score (nSPS) is 36.6. The Bertz CT molecular complexity index is 698. The third-order valence-electron chi connectivity index (χ3n) is 8.60. The summed E-state index contributed by atoms with van der Waals surface area (Å²) in [5.41, 5.74) is 3.59. The maximum atomic E-state index is 10.3. The zero-order valence-electron chi connectivity index (χ0n) is 20.4. The lowest BCUT2D eigenvalue weighted by Crippen LogP contribution is -2.36. The van der Waals surface area contributed by atoms with E-state index >= 15 is 0 Å². The molecule has 0 amide bonds. The van der Waals surface area contributed by atoms with Gasteiger partial charge in [-0.3, -0.25) is 0 Å². The molecule has 0 bridgehead atoms. The largest absolute Gasteiger partial charge is 0.393 e. The highest BCUT2D eigenvalue weighted by Crippen LogP contribution is 2.60. The van der Waals surface area contributed by atoms with E-state index < -0.39 is 11.7 Å². The van der Waals surface area contributed by atoms with Gasteiger partial charge in [-0.2, -0.15) is 0 Å². The molecular weight excluding hydrogens is 384 g/mol. The van der Waals surface area contributed by atoms with Crippen LogP contribution in [0.4, 0.5) is 0 Å². The second-order valence-corrected chi connectivity index (χ2v) is 11.8. The molecule has 3 aliphatic carbocycles. The van der Waals surface area contributed by atoms with E-state index in [1.807, 2.05) is 0 Å². The first-order valence-corrected chi connectivity index (χ1v) is 12.7. The third-order valence-corrected chi connectivity index (χ3v) is 8.60. The molecule has 31 heavy (non-hydrogen) atoms. The molecule has 0 heterocycles. The van der Waals surface area contributed by atoms with Gasteiger partial charge in [0.2, 0.25) is 0 Å². The molecule has 0 aromatic carbocycles. The lowest BCUT2D eigenvalue weighted by molar-refractivity contribution is 0.0106. The molecule has 0 saturated heterocycles.